The number of nitriles is 1. The Morgan fingerprint density at radius 3 is 2.68 bits per heavy atom. The van der Waals surface area contributed by atoms with E-state index in [1.54, 1.807) is 18.3 Å². The first-order valence-corrected chi connectivity index (χ1v) is 6.45. The van der Waals surface area contributed by atoms with Crippen LogP contribution in [-0.4, -0.2) is 4.57 Å². The molecular weight excluding hydrogens is 307 g/mol. The Labute approximate surface area is 117 Å². The van der Waals surface area contributed by atoms with Crippen LogP contribution in [0.4, 0.5) is 4.39 Å². The highest BCUT2D eigenvalue weighted by Crippen LogP contribution is 2.26. The average molecular weight is 315 g/mol. The molecule has 4 heteroatoms. The fourth-order valence-electron chi connectivity index (χ4n) is 2.12. The van der Waals surface area contributed by atoms with Gasteiger partial charge in [0, 0.05) is 17.3 Å². The van der Waals surface area contributed by atoms with E-state index in [-0.39, 0.29) is 5.82 Å². The van der Waals surface area contributed by atoms with E-state index in [0.717, 1.165) is 10.9 Å². The molecule has 0 saturated heterocycles. The number of hydrogen-bond acceptors (Lipinski definition) is 1. The molecule has 3 rings (SSSR count). The van der Waals surface area contributed by atoms with Gasteiger partial charge in [-0.2, -0.15) is 5.26 Å². The van der Waals surface area contributed by atoms with Gasteiger partial charge in [-0.25, -0.2) is 4.39 Å². The van der Waals surface area contributed by atoms with Crippen LogP contribution in [0, 0.1) is 17.1 Å². The fraction of sp³-hybridized carbons (Fsp3) is 0. The second kappa shape index (κ2) is 4.52. The number of rotatable bonds is 1. The lowest BCUT2D eigenvalue weighted by molar-refractivity contribution is 0.620. The van der Waals surface area contributed by atoms with Gasteiger partial charge in [0.05, 0.1) is 15.6 Å². The summed E-state index contributed by atoms with van der Waals surface area (Å²) in [6.07, 6.45) is 1.73. The monoisotopic (exact) mass is 314 g/mol. The second-order valence-electron chi connectivity index (χ2n) is 4.14. The molecule has 0 aliphatic carbocycles. The van der Waals surface area contributed by atoms with Crippen LogP contribution in [0.2, 0.25) is 0 Å². The summed E-state index contributed by atoms with van der Waals surface area (Å²) in [5, 5.41) is 10.0. The quantitative estimate of drug-likeness (QED) is 0.654. The van der Waals surface area contributed by atoms with Crippen molar-refractivity contribution in [1.82, 2.24) is 4.57 Å². The van der Waals surface area contributed by atoms with E-state index in [4.69, 9.17) is 5.26 Å². The van der Waals surface area contributed by atoms with Gasteiger partial charge in [0.1, 0.15) is 11.9 Å². The highest BCUT2D eigenvalue weighted by molar-refractivity contribution is 9.10. The maximum Gasteiger partial charge on any atom is 0.139 e. The molecule has 2 nitrogen and oxygen atoms in total. The Morgan fingerprint density at radius 1 is 1.16 bits per heavy atom. The second-order valence-corrected chi connectivity index (χ2v) is 4.99. The van der Waals surface area contributed by atoms with Crippen molar-refractivity contribution in [3.05, 3.63) is 64.5 Å². The predicted molar refractivity (Wildman–Crippen MR) is 75.6 cm³/mol. The number of fused-ring (bicyclic) bond motifs is 1. The van der Waals surface area contributed by atoms with Crippen LogP contribution < -0.4 is 0 Å². The highest BCUT2D eigenvalue weighted by atomic mass is 79.9. The molecule has 2 aromatic carbocycles. The standard InChI is InChI=1S/C15H8BrFN2/c16-13-6-5-11(7-14(13)17)19-9-10(8-18)12-3-1-2-4-15(12)19/h1-7,9H. The van der Waals surface area contributed by atoms with Crippen LogP contribution in [-0.2, 0) is 0 Å². The van der Waals surface area contributed by atoms with E-state index in [2.05, 4.69) is 22.0 Å². The summed E-state index contributed by atoms with van der Waals surface area (Å²) >= 11 is 3.13. The van der Waals surface area contributed by atoms with Gasteiger partial charge >= 0.3 is 0 Å². The van der Waals surface area contributed by atoms with Crippen molar-refractivity contribution in [2.24, 2.45) is 0 Å². The maximum absolute atomic E-state index is 13.6. The van der Waals surface area contributed by atoms with E-state index >= 15 is 0 Å². The summed E-state index contributed by atoms with van der Waals surface area (Å²) in [6.45, 7) is 0. The molecule has 1 heterocycles. The van der Waals surface area contributed by atoms with Crippen LogP contribution in [0.5, 0.6) is 0 Å². The molecule has 0 saturated carbocycles. The summed E-state index contributed by atoms with van der Waals surface area (Å²) in [5.74, 6) is -0.325. The third-order valence-corrected chi connectivity index (χ3v) is 3.66. The van der Waals surface area contributed by atoms with E-state index < -0.39 is 0 Å². The van der Waals surface area contributed by atoms with Crippen molar-refractivity contribution in [2.75, 3.05) is 0 Å². The Balaban J connectivity index is 2.31. The summed E-state index contributed by atoms with van der Waals surface area (Å²) in [6, 6.07) is 14.7. The van der Waals surface area contributed by atoms with Crippen molar-refractivity contribution >= 4 is 26.8 Å². The van der Waals surface area contributed by atoms with Crippen molar-refractivity contribution in [1.29, 1.82) is 5.26 Å². The summed E-state index contributed by atoms with van der Waals surface area (Å²) in [4.78, 5) is 0. The lowest BCUT2D eigenvalue weighted by Crippen LogP contribution is -1.92. The van der Waals surface area contributed by atoms with Crippen LogP contribution in [0.25, 0.3) is 16.6 Å². The van der Waals surface area contributed by atoms with Gasteiger partial charge in [-0.15, -0.1) is 0 Å². The lowest BCUT2D eigenvalue weighted by atomic mass is 10.2. The Morgan fingerprint density at radius 2 is 1.95 bits per heavy atom. The molecule has 0 bridgehead atoms. The molecule has 0 amide bonds. The van der Waals surface area contributed by atoms with Gasteiger partial charge in [-0.3, -0.25) is 0 Å². The van der Waals surface area contributed by atoms with Crippen molar-refractivity contribution in [2.45, 2.75) is 0 Å². The third-order valence-electron chi connectivity index (χ3n) is 3.01. The smallest absolute Gasteiger partial charge is 0.139 e. The molecule has 0 unspecified atom stereocenters. The topological polar surface area (TPSA) is 28.7 Å². The molecule has 92 valence electrons. The van der Waals surface area contributed by atoms with Gasteiger partial charge in [0.2, 0.25) is 0 Å². The fourth-order valence-corrected chi connectivity index (χ4v) is 2.36. The minimum atomic E-state index is -0.325. The summed E-state index contributed by atoms with van der Waals surface area (Å²) in [5.41, 5.74) is 2.16. The third kappa shape index (κ3) is 1.92. The Hall–Kier alpha value is -2.12. The van der Waals surface area contributed by atoms with Crippen LogP contribution in [0.15, 0.2) is 53.1 Å². The largest absolute Gasteiger partial charge is 0.315 e. The number of hydrogen-bond donors (Lipinski definition) is 0. The van der Waals surface area contributed by atoms with Gasteiger partial charge < -0.3 is 4.57 Å². The van der Waals surface area contributed by atoms with E-state index in [0.29, 0.717) is 15.7 Å². The Bertz CT molecular complexity index is 815. The first kappa shape index (κ1) is 11.9. The number of halogens is 2. The molecule has 0 N–H and O–H groups in total. The molecule has 1 aromatic heterocycles. The Kier molecular flexibility index (Phi) is 2.84. The molecule has 0 aliphatic rings. The predicted octanol–water partition coefficient (Wildman–Crippen LogP) is 4.40. The van der Waals surface area contributed by atoms with Gasteiger partial charge in [0.25, 0.3) is 0 Å². The number of nitrogens with zero attached hydrogens (tertiary/aromatic N) is 2. The van der Waals surface area contributed by atoms with E-state index in [9.17, 15) is 4.39 Å². The number of benzene rings is 2. The zero-order valence-electron chi connectivity index (χ0n) is 9.77. The summed E-state index contributed by atoms with van der Waals surface area (Å²) < 4.78 is 15.9. The van der Waals surface area contributed by atoms with Crippen LogP contribution in [0.1, 0.15) is 5.56 Å². The molecule has 0 atom stereocenters. The molecule has 0 radical (unpaired) electrons. The highest BCUT2D eigenvalue weighted by Gasteiger charge is 2.10. The van der Waals surface area contributed by atoms with Gasteiger partial charge in [0.15, 0.2) is 0 Å². The van der Waals surface area contributed by atoms with E-state index in [1.807, 2.05) is 28.8 Å². The van der Waals surface area contributed by atoms with E-state index in [1.165, 1.54) is 6.07 Å². The minimum absolute atomic E-state index is 0.325. The number of para-hydroxylation sites is 1. The molecule has 19 heavy (non-hydrogen) atoms. The SMILES string of the molecule is N#Cc1cn(-c2ccc(Br)c(F)c2)c2ccccc12. The molecule has 0 fully saturated rings. The van der Waals surface area contributed by atoms with Crippen molar-refractivity contribution in [3.8, 4) is 11.8 Å². The van der Waals surface area contributed by atoms with Gasteiger partial charge in [-0.05, 0) is 40.2 Å². The minimum Gasteiger partial charge on any atom is -0.315 e. The maximum atomic E-state index is 13.6. The number of aromatic nitrogens is 1. The molecule has 3 aromatic rings. The normalized spacial score (nSPS) is 10.6. The van der Waals surface area contributed by atoms with Crippen LogP contribution >= 0.6 is 15.9 Å². The zero-order chi connectivity index (χ0) is 13.4. The first-order valence-electron chi connectivity index (χ1n) is 5.66. The average Bonchev–Trinajstić information content (AvgIpc) is 2.81. The summed E-state index contributed by atoms with van der Waals surface area (Å²) in [7, 11) is 0. The first-order chi connectivity index (χ1) is 9.20. The molecule has 0 spiro atoms. The van der Waals surface area contributed by atoms with Crippen LogP contribution in [0.3, 0.4) is 0 Å². The molecule has 0 aliphatic heterocycles. The van der Waals surface area contributed by atoms with Crippen molar-refractivity contribution < 1.29 is 4.39 Å². The van der Waals surface area contributed by atoms with Crippen molar-refractivity contribution in [3.63, 3.8) is 0 Å². The zero-order valence-corrected chi connectivity index (χ0v) is 11.4. The lowest BCUT2D eigenvalue weighted by Gasteiger charge is -2.06. The van der Waals surface area contributed by atoms with Gasteiger partial charge in [-0.1, -0.05) is 18.2 Å². The molecular formula is C15H8BrFN2.